The molecule has 0 fully saturated rings. The highest BCUT2D eigenvalue weighted by Crippen LogP contribution is 2.08. The predicted octanol–water partition coefficient (Wildman–Crippen LogP) is 2.61. The summed E-state index contributed by atoms with van der Waals surface area (Å²) in [4.78, 5) is 20.0. The van der Waals surface area contributed by atoms with Gasteiger partial charge in [0.15, 0.2) is 0 Å². The number of carbonyl (C=O) groups excluding carboxylic acids is 1. The van der Waals surface area contributed by atoms with Crippen LogP contribution in [0.3, 0.4) is 0 Å². The van der Waals surface area contributed by atoms with E-state index in [1.807, 2.05) is 36.2 Å². The summed E-state index contributed by atoms with van der Waals surface area (Å²) < 4.78 is 7.22. The molecule has 2 heterocycles. The van der Waals surface area contributed by atoms with Crippen molar-refractivity contribution in [1.29, 1.82) is 0 Å². The first-order chi connectivity index (χ1) is 9.94. The highest BCUT2D eigenvalue weighted by Gasteiger charge is 2.16. The minimum Gasteiger partial charge on any atom is -0.444 e. The molecule has 0 saturated heterocycles. The number of alkyl carbamates (subject to hydrolysis) is 1. The number of imidazole rings is 1. The van der Waals surface area contributed by atoms with E-state index in [1.54, 1.807) is 23.9 Å². The van der Waals surface area contributed by atoms with Gasteiger partial charge in [-0.05, 0) is 20.8 Å². The van der Waals surface area contributed by atoms with Gasteiger partial charge >= 0.3 is 6.09 Å². The lowest BCUT2D eigenvalue weighted by Crippen LogP contribution is -2.32. The first kappa shape index (κ1) is 15.5. The smallest absolute Gasteiger partial charge is 0.407 e. The summed E-state index contributed by atoms with van der Waals surface area (Å²) >= 11 is 1.59. The lowest BCUT2D eigenvalue weighted by atomic mass is 10.2. The van der Waals surface area contributed by atoms with Gasteiger partial charge in [0.05, 0.1) is 29.8 Å². The van der Waals surface area contributed by atoms with E-state index in [9.17, 15) is 4.79 Å². The van der Waals surface area contributed by atoms with E-state index in [4.69, 9.17) is 4.74 Å². The number of hydrogen-bond acceptors (Lipinski definition) is 5. The van der Waals surface area contributed by atoms with Crippen molar-refractivity contribution in [1.82, 2.24) is 19.9 Å². The molecule has 114 valence electrons. The van der Waals surface area contributed by atoms with Crippen LogP contribution in [0.2, 0.25) is 0 Å². The molecule has 2 rings (SSSR count). The number of thiazole rings is 1. The summed E-state index contributed by atoms with van der Waals surface area (Å²) in [6, 6.07) is 0. The van der Waals surface area contributed by atoms with Crippen LogP contribution in [0.25, 0.3) is 0 Å². The molecule has 0 aromatic carbocycles. The zero-order chi connectivity index (χ0) is 15.3. The van der Waals surface area contributed by atoms with E-state index in [0.29, 0.717) is 6.54 Å². The second-order valence-electron chi connectivity index (χ2n) is 5.66. The minimum absolute atomic E-state index is 0.395. The molecule has 0 saturated carbocycles. The number of hydrogen-bond donors (Lipinski definition) is 1. The van der Waals surface area contributed by atoms with E-state index in [-0.39, 0.29) is 0 Å². The summed E-state index contributed by atoms with van der Waals surface area (Å²) in [5, 5.41) is 4.78. The Labute approximate surface area is 128 Å². The second-order valence-corrected chi connectivity index (χ2v) is 6.38. The van der Waals surface area contributed by atoms with Crippen molar-refractivity contribution in [2.24, 2.45) is 0 Å². The maximum Gasteiger partial charge on any atom is 0.407 e. The average Bonchev–Trinajstić information content (AvgIpc) is 3.03. The Morgan fingerprint density at radius 2 is 2.29 bits per heavy atom. The van der Waals surface area contributed by atoms with Gasteiger partial charge in [0, 0.05) is 24.5 Å². The van der Waals surface area contributed by atoms with Crippen LogP contribution in [-0.4, -0.2) is 26.2 Å². The molecule has 0 atom stereocenters. The van der Waals surface area contributed by atoms with E-state index < -0.39 is 11.7 Å². The number of rotatable bonds is 5. The van der Waals surface area contributed by atoms with Crippen molar-refractivity contribution >= 4 is 17.4 Å². The van der Waals surface area contributed by atoms with Crippen LogP contribution in [0.5, 0.6) is 0 Å². The van der Waals surface area contributed by atoms with Gasteiger partial charge < -0.3 is 14.6 Å². The fraction of sp³-hybridized carbons (Fsp3) is 0.500. The molecular formula is C14H20N4O2S. The van der Waals surface area contributed by atoms with Crippen LogP contribution in [0.4, 0.5) is 4.79 Å². The second kappa shape index (κ2) is 6.71. The van der Waals surface area contributed by atoms with Gasteiger partial charge in [-0.2, -0.15) is 0 Å². The highest BCUT2D eigenvalue weighted by atomic mass is 32.1. The van der Waals surface area contributed by atoms with Crippen LogP contribution in [0.1, 0.15) is 32.2 Å². The number of aryl methyl sites for hydroxylation is 2. The summed E-state index contributed by atoms with van der Waals surface area (Å²) in [5.41, 5.74) is 3.35. The van der Waals surface area contributed by atoms with Crippen molar-refractivity contribution < 1.29 is 9.53 Å². The normalized spacial score (nSPS) is 11.4. The molecule has 1 amide bonds. The fourth-order valence-corrected chi connectivity index (χ4v) is 2.36. The molecule has 0 spiro atoms. The van der Waals surface area contributed by atoms with Crippen LogP contribution >= 0.6 is 11.3 Å². The van der Waals surface area contributed by atoms with Crippen molar-refractivity contribution in [2.75, 3.05) is 0 Å². The van der Waals surface area contributed by atoms with E-state index >= 15 is 0 Å². The molecule has 7 heteroatoms. The highest BCUT2D eigenvalue weighted by molar-refractivity contribution is 7.07. The van der Waals surface area contributed by atoms with Crippen LogP contribution < -0.4 is 5.32 Å². The van der Waals surface area contributed by atoms with Gasteiger partial charge in [-0.25, -0.2) is 14.8 Å². The predicted molar refractivity (Wildman–Crippen MR) is 81.1 cm³/mol. The number of nitrogens with one attached hydrogen (secondary N) is 1. The zero-order valence-corrected chi connectivity index (χ0v) is 13.3. The molecule has 0 aliphatic rings. The van der Waals surface area contributed by atoms with Crippen LogP contribution in [-0.2, 0) is 24.2 Å². The maximum atomic E-state index is 11.6. The molecular weight excluding hydrogens is 288 g/mol. The Morgan fingerprint density at radius 1 is 1.48 bits per heavy atom. The number of aromatic nitrogens is 3. The minimum atomic E-state index is -0.491. The lowest BCUT2D eigenvalue weighted by Gasteiger charge is -2.19. The van der Waals surface area contributed by atoms with Crippen molar-refractivity contribution in [3.05, 3.63) is 34.8 Å². The molecule has 2 aromatic rings. The lowest BCUT2D eigenvalue weighted by molar-refractivity contribution is 0.0522. The molecule has 21 heavy (non-hydrogen) atoms. The number of nitrogens with zero attached hydrogens (tertiary/aromatic N) is 3. The maximum absolute atomic E-state index is 11.6. The van der Waals surface area contributed by atoms with E-state index in [1.165, 1.54) is 0 Å². The monoisotopic (exact) mass is 308 g/mol. The number of carbonyl (C=O) groups is 1. The van der Waals surface area contributed by atoms with Gasteiger partial charge in [-0.15, -0.1) is 11.3 Å². The molecule has 0 unspecified atom stereocenters. The van der Waals surface area contributed by atoms with Crippen molar-refractivity contribution in [3.8, 4) is 0 Å². The largest absolute Gasteiger partial charge is 0.444 e. The zero-order valence-electron chi connectivity index (χ0n) is 12.5. The molecule has 1 N–H and O–H groups in total. The Bertz CT molecular complexity index is 572. The Morgan fingerprint density at radius 3 is 2.95 bits per heavy atom. The summed E-state index contributed by atoms with van der Waals surface area (Å²) in [6.45, 7) is 6.70. The van der Waals surface area contributed by atoms with Crippen molar-refractivity contribution in [3.63, 3.8) is 0 Å². The van der Waals surface area contributed by atoms with E-state index in [2.05, 4.69) is 15.3 Å². The Hall–Kier alpha value is -1.89. The van der Waals surface area contributed by atoms with Crippen LogP contribution in [0, 0.1) is 0 Å². The van der Waals surface area contributed by atoms with E-state index in [0.717, 1.165) is 24.4 Å². The average molecular weight is 308 g/mol. The van der Waals surface area contributed by atoms with Crippen LogP contribution in [0.15, 0.2) is 23.4 Å². The first-order valence-electron chi connectivity index (χ1n) is 6.77. The summed E-state index contributed by atoms with van der Waals surface area (Å²) in [5.74, 6) is 0. The molecule has 0 aliphatic carbocycles. The third-order valence-electron chi connectivity index (χ3n) is 2.70. The van der Waals surface area contributed by atoms with Gasteiger partial charge in [0.2, 0.25) is 0 Å². The third kappa shape index (κ3) is 5.18. The summed E-state index contributed by atoms with van der Waals surface area (Å²) in [7, 11) is 0. The number of ether oxygens (including phenoxy) is 1. The quantitative estimate of drug-likeness (QED) is 0.922. The first-order valence-corrected chi connectivity index (χ1v) is 7.71. The Balaban J connectivity index is 1.84. The SMILES string of the molecule is CC(C)(C)OC(=O)NCc1cncn1CCc1cscn1. The third-order valence-corrected chi connectivity index (χ3v) is 3.34. The van der Waals surface area contributed by atoms with Gasteiger partial charge in [-0.1, -0.05) is 0 Å². The van der Waals surface area contributed by atoms with Gasteiger partial charge in [0.1, 0.15) is 5.60 Å². The molecule has 0 bridgehead atoms. The standard InChI is InChI=1S/C14H20N4O2S/c1-14(2,3)20-13(19)16-7-12-6-15-9-18(12)5-4-11-8-21-10-17-11/h6,8-10H,4-5,7H2,1-3H3,(H,16,19). The summed E-state index contributed by atoms with van der Waals surface area (Å²) in [6.07, 6.45) is 3.94. The molecule has 0 aliphatic heterocycles. The van der Waals surface area contributed by atoms with Gasteiger partial charge in [0.25, 0.3) is 0 Å². The molecule has 6 nitrogen and oxygen atoms in total. The number of amides is 1. The molecule has 0 radical (unpaired) electrons. The Kier molecular flexibility index (Phi) is 4.95. The fourth-order valence-electron chi connectivity index (χ4n) is 1.77. The topological polar surface area (TPSA) is 69.0 Å². The molecule has 2 aromatic heterocycles. The van der Waals surface area contributed by atoms with Gasteiger partial charge in [-0.3, -0.25) is 0 Å². The van der Waals surface area contributed by atoms with Crippen molar-refractivity contribution in [2.45, 2.75) is 45.9 Å².